The van der Waals surface area contributed by atoms with Crippen LogP contribution in [0.1, 0.15) is 25.0 Å². The maximum atomic E-state index is 14.5. The zero-order valence-corrected chi connectivity index (χ0v) is 29.1. The Balaban J connectivity index is 1.80. The molecule has 0 radical (unpaired) electrons. The van der Waals surface area contributed by atoms with Gasteiger partial charge in [-0.2, -0.15) is 0 Å². The zero-order valence-electron chi connectivity index (χ0n) is 25.9. The van der Waals surface area contributed by atoms with E-state index >= 15 is 0 Å². The Bertz CT molecular complexity index is 1740. The number of halogens is 2. The number of amides is 2. The van der Waals surface area contributed by atoms with Gasteiger partial charge in [0.1, 0.15) is 18.3 Å². The summed E-state index contributed by atoms with van der Waals surface area (Å²) in [6.07, 6.45) is 0.229. The highest BCUT2D eigenvalue weighted by Crippen LogP contribution is 2.28. The third-order valence-corrected chi connectivity index (χ3v) is 9.74. The second-order valence-electron chi connectivity index (χ2n) is 11.2. The van der Waals surface area contributed by atoms with Crippen LogP contribution in [0.3, 0.4) is 0 Å². The van der Waals surface area contributed by atoms with Crippen molar-refractivity contribution in [2.24, 2.45) is 5.92 Å². The molecule has 0 aliphatic carbocycles. The van der Waals surface area contributed by atoms with E-state index in [-0.39, 0.29) is 35.4 Å². The first-order chi connectivity index (χ1) is 22.0. The van der Waals surface area contributed by atoms with Crippen molar-refractivity contribution in [2.45, 2.75) is 37.8 Å². The van der Waals surface area contributed by atoms with Crippen molar-refractivity contribution >= 4 is 55.1 Å². The lowest BCUT2D eigenvalue weighted by atomic mass is 10.0. The summed E-state index contributed by atoms with van der Waals surface area (Å²) in [6, 6.07) is 28.2. The summed E-state index contributed by atoms with van der Waals surface area (Å²) < 4.78 is 35.4. The van der Waals surface area contributed by atoms with Crippen molar-refractivity contribution in [3.63, 3.8) is 0 Å². The van der Waals surface area contributed by atoms with Crippen LogP contribution in [0.15, 0.2) is 112 Å². The molecule has 242 valence electrons. The molecule has 0 saturated heterocycles. The van der Waals surface area contributed by atoms with Crippen molar-refractivity contribution in [3.05, 3.63) is 124 Å². The fourth-order valence-electron chi connectivity index (χ4n) is 4.84. The highest BCUT2D eigenvalue weighted by molar-refractivity contribution is 9.10. The number of hydrogen-bond acceptors (Lipinski definition) is 5. The van der Waals surface area contributed by atoms with Gasteiger partial charge in [-0.1, -0.05) is 89.9 Å². The van der Waals surface area contributed by atoms with Gasteiger partial charge in [0, 0.05) is 29.0 Å². The Hall–Kier alpha value is -3.86. The van der Waals surface area contributed by atoms with Gasteiger partial charge in [-0.25, -0.2) is 8.42 Å². The van der Waals surface area contributed by atoms with Gasteiger partial charge in [0.2, 0.25) is 11.8 Å². The summed E-state index contributed by atoms with van der Waals surface area (Å²) in [7, 11) is -2.78. The lowest BCUT2D eigenvalue weighted by Gasteiger charge is -2.34. The number of methoxy groups -OCH3 is 1. The van der Waals surface area contributed by atoms with E-state index in [0.717, 1.165) is 19.9 Å². The van der Waals surface area contributed by atoms with Gasteiger partial charge in [-0.3, -0.25) is 13.9 Å². The van der Waals surface area contributed by atoms with E-state index in [9.17, 15) is 18.0 Å². The highest BCUT2D eigenvalue weighted by atomic mass is 79.9. The summed E-state index contributed by atoms with van der Waals surface area (Å²) in [5.41, 5.74) is 1.84. The summed E-state index contributed by atoms with van der Waals surface area (Å²) in [5, 5.41) is 3.30. The summed E-state index contributed by atoms with van der Waals surface area (Å²) in [4.78, 5) is 29.8. The van der Waals surface area contributed by atoms with Crippen LogP contribution in [0.4, 0.5) is 5.69 Å². The molecule has 0 heterocycles. The molecule has 0 aliphatic rings. The number of sulfonamides is 1. The smallest absolute Gasteiger partial charge is 0.264 e. The SMILES string of the molecule is COc1ccc(S(=O)(=O)N(CC(=O)N(Cc2cccc(Br)c2)[C@H](Cc2ccccc2)C(=O)NCC(C)C)c2cccc(Cl)c2)cc1. The van der Waals surface area contributed by atoms with Crippen LogP contribution in [0.5, 0.6) is 5.75 Å². The van der Waals surface area contributed by atoms with E-state index in [0.29, 0.717) is 17.3 Å². The summed E-state index contributed by atoms with van der Waals surface area (Å²) in [5.74, 6) is -0.213. The molecule has 0 saturated carbocycles. The highest BCUT2D eigenvalue weighted by Gasteiger charge is 2.34. The zero-order chi connectivity index (χ0) is 33.3. The number of benzene rings is 4. The lowest BCUT2D eigenvalue weighted by molar-refractivity contribution is -0.140. The lowest BCUT2D eigenvalue weighted by Crippen LogP contribution is -2.53. The van der Waals surface area contributed by atoms with E-state index in [1.165, 1.54) is 30.2 Å². The molecular weight excluding hydrogens is 690 g/mol. The maximum absolute atomic E-state index is 14.5. The van der Waals surface area contributed by atoms with Crippen LogP contribution in [-0.2, 0) is 32.6 Å². The van der Waals surface area contributed by atoms with E-state index in [2.05, 4.69) is 21.2 Å². The maximum Gasteiger partial charge on any atom is 0.264 e. The first kappa shape index (κ1) is 35.0. The fraction of sp³-hybridized carbons (Fsp3) is 0.257. The number of hydrogen-bond donors (Lipinski definition) is 1. The Morgan fingerprint density at radius 3 is 2.20 bits per heavy atom. The number of rotatable bonds is 14. The van der Waals surface area contributed by atoms with Gasteiger partial charge in [-0.15, -0.1) is 0 Å². The van der Waals surface area contributed by atoms with Gasteiger partial charge in [0.15, 0.2) is 0 Å². The van der Waals surface area contributed by atoms with Crippen molar-refractivity contribution in [1.82, 2.24) is 10.2 Å². The predicted octanol–water partition coefficient (Wildman–Crippen LogP) is 6.72. The average molecular weight is 727 g/mol. The molecule has 0 spiro atoms. The normalized spacial score (nSPS) is 12.0. The molecule has 1 N–H and O–H groups in total. The molecule has 2 amide bonds. The molecule has 4 aromatic rings. The van der Waals surface area contributed by atoms with Crippen LogP contribution < -0.4 is 14.4 Å². The molecule has 8 nitrogen and oxygen atoms in total. The quantitative estimate of drug-likeness (QED) is 0.156. The fourth-order valence-corrected chi connectivity index (χ4v) is 6.88. The molecule has 0 aliphatic heterocycles. The minimum absolute atomic E-state index is 0.0323. The average Bonchev–Trinajstić information content (AvgIpc) is 3.04. The monoisotopic (exact) mass is 725 g/mol. The third kappa shape index (κ3) is 9.34. The van der Waals surface area contributed by atoms with Gasteiger partial charge in [0.05, 0.1) is 17.7 Å². The van der Waals surface area contributed by atoms with Crippen LogP contribution in [-0.4, -0.2) is 51.4 Å². The number of anilines is 1. The van der Waals surface area contributed by atoms with Crippen molar-refractivity contribution in [3.8, 4) is 5.75 Å². The molecule has 46 heavy (non-hydrogen) atoms. The minimum atomic E-state index is -4.27. The molecule has 0 unspecified atom stereocenters. The number of ether oxygens (including phenoxy) is 1. The molecule has 0 fully saturated rings. The summed E-state index contributed by atoms with van der Waals surface area (Å²) in [6.45, 7) is 3.89. The van der Waals surface area contributed by atoms with Crippen molar-refractivity contribution < 1.29 is 22.7 Å². The van der Waals surface area contributed by atoms with Crippen LogP contribution >= 0.6 is 27.5 Å². The van der Waals surface area contributed by atoms with Gasteiger partial charge in [-0.05, 0) is 71.6 Å². The Labute approximate surface area is 284 Å². The number of nitrogens with one attached hydrogen (secondary N) is 1. The number of carbonyl (C=O) groups excluding carboxylic acids is 2. The molecule has 4 rings (SSSR count). The second-order valence-corrected chi connectivity index (χ2v) is 14.4. The molecule has 0 aromatic heterocycles. The second kappa shape index (κ2) is 16.1. The number of carbonyl (C=O) groups is 2. The van der Waals surface area contributed by atoms with Crippen molar-refractivity contribution in [1.29, 1.82) is 0 Å². The van der Waals surface area contributed by atoms with E-state index in [4.69, 9.17) is 16.3 Å². The van der Waals surface area contributed by atoms with E-state index in [1.807, 2.05) is 68.4 Å². The summed E-state index contributed by atoms with van der Waals surface area (Å²) >= 11 is 9.80. The molecule has 1 atom stereocenters. The largest absolute Gasteiger partial charge is 0.497 e. The van der Waals surface area contributed by atoms with E-state index in [1.54, 1.807) is 30.3 Å². The minimum Gasteiger partial charge on any atom is -0.497 e. The van der Waals surface area contributed by atoms with Gasteiger partial charge < -0.3 is 15.0 Å². The first-order valence-electron chi connectivity index (χ1n) is 14.8. The molecule has 0 bridgehead atoms. The Kier molecular flexibility index (Phi) is 12.3. The Morgan fingerprint density at radius 2 is 1.57 bits per heavy atom. The predicted molar refractivity (Wildman–Crippen MR) is 185 cm³/mol. The molecular formula is C35H37BrClN3O5S. The van der Waals surface area contributed by atoms with E-state index < -0.39 is 28.5 Å². The van der Waals surface area contributed by atoms with Gasteiger partial charge in [0.25, 0.3) is 10.0 Å². The third-order valence-electron chi connectivity index (χ3n) is 7.22. The Morgan fingerprint density at radius 1 is 0.891 bits per heavy atom. The topological polar surface area (TPSA) is 96.0 Å². The van der Waals surface area contributed by atoms with Crippen LogP contribution in [0.25, 0.3) is 0 Å². The molecule has 11 heteroatoms. The molecule has 4 aromatic carbocycles. The van der Waals surface area contributed by atoms with Crippen LogP contribution in [0, 0.1) is 5.92 Å². The first-order valence-corrected chi connectivity index (χ1v) is 17.4. The van der Waals surface area contributed by atoms with Gasteiger partial charge >= 0.3 is 0 Å². The number of nitrogens with zero attached hydrogens (tertiary/aromatic N) is 2. The van der Waals surface area contributed by atoms with Crippen molar-refractivity contribution in [2.75, 3.05) is 24.5 Å². The standard InChI is InChI=1S/C35H37BrClN3O5S/c1-25(2)22-38-35(42)33(20-26-9-5-4-6-10-26)39(23-27-11-7-12-28(36)19-27)34(41)24-40(30-14-8-13-29(37)21-30)46(43,44)32-17-15-31(45-3)16-18-32/h4-19,21,25,33H,20,22-24H2,1-3H3,(H,38,42)/t33-/m1/s1. The van der Waals surface area contributed by atoms with Crippen LogP contribution in [0.2, 0.25) is 5.02 Å².